The van der Waals surface area contributed by atoms with Crippen LogP contribution >= 0.6 is 0 Å². The van der Waals surface area contributed by atoms with Gasteiger partial charge < -0.3 is 9.64 Å². The molecule has 92 valence electrons. The number of hydrogen-bond donors (Lipinski definition) is 0. The number of rotatable bonds is 2. The fraction of sp³-hybridized carbons (Fsp3) is 0.889. The van der Waals surface area contributed by atoms with Gasteiger partial charge in [0.15, 0.2) is 0 Å². The largest absolute Gasteiger partial charge is 0.381 e. The zero-order valence-corrected chi connectivity index (χ0v) is 9.58. The van der Waals surface area contributed by atoms with Crippen molar-refractivity contribution in [3.8, 4) is 0 Å². The average molecular weight is 251 g/mol. The highest BCUT2D eigenvalue weighted by Crippen LogP contribution is 2.25. The summed E-state index contributed by atoms with van der Waals surface area (Å²) in [6.07, 6.45) is 1.17. The summed E-state index contributed by atoms with van der Waals surface area (Å²) in [6.45, 7) is 1.13. The lowest BCUT2D eigenvalue weighted by Gasteiger charge is -2.31. The van der Waals surface area contributed by atoms with Crippen LogP contribution in [0, 0.1) is 0 Å². The zero-order valence-electron chi connectivity index (χ0n) is 8.76. The minimum absolute atomic E-state index is 0.00741. The zero-order chi connectivity index (χ0) is 11.8. The standard InChI is InChI=1S/C9H14FNO4S/c10-16(13,14)8-5-9(12)11(6-8)7-1-3-15-4-2-7/h7-8H,1-6H2. The molecule has 0 spiro atoms. The van der Waals surface area contributed by atoms with Gasteiger partial charge >= 0.3 is 10.2 Å². The van der Waals surface area contributed by atoms with Gasteiger partial charge in [-0.1, -0.05) is 0 Å². The molecule has 2 aliphatic heterocycles. The first-order valence-corrected chi connectivity index (χ1v) is 6.74. The monoisotopic (exact) mass is 251 g/mol. The summed E-state index contributed by atoms with van der Waals surface area (Å²) >= 11 is 0. The topological polar surface area (TPSA) is 63.7 Å². The van der Waals surface area contributed by atoms with E-state index < -0.39 is 15.5 Å². The number of nitrogens with zero attached hydrogens (tertiary/aromatic N) is 1. The Balaban J connectivity index is 2.04. The highest BCUT2D eigenvalue weighted by Gasteiger charge is 2.41. The number of carbonyl (C=O) groups excluding carboxylic acids is 1. The maximum absolute atomic E-state index is 12.8. The maximum atomic E-state index is 12.8. The van der Waals surface area contributed by atoms with E-state index in [2.05, 4.69) is 0 Å². The van der Waals surface area contributed by atoms with Crippen LogP contribution in [0.1, 0.15) is 19.3 Å². The molecule has 0 aromatic carbocycles. The van der Waals surface area contributed by atoms with Crippen molar-refractivity contribution in [1.29, 1.82) is 0 Å². The van der Waals surface area contributed by atoms with Crippen molar-refractivity contribution in [3.05, 3.63) is 0 Å². The van der Waals surface area contributed by atoms with Crippen molar-refractivity contribution < 1.29 is 21.8 Å². The van der Waals surface area contributed by atoms with Gasteiger partial charge in [-0.3, -0.25) is 4.79 Å². The molecule has 0 saturated carbocycles. The molecule has 16 heavy (non-hydrogen) atoms. The van der Waals surface area contributed by atoms with Crippen LogP contribution in [-0.2, 0) is 19.8 Å². The quantitative estimate of drug-likeness (QED) is 0.651. The molecule has 2 rings (SSSR count). The number of amides is 1. The second-order valence-corrected chi connectivity index (χ2v) is 5.81. The van der Waals surface area contributed by atoms with Crippen LogP contribution in [0.2, 0.25) is 0 Å². The van der Waals surface area contributed by atoms with E-state index >= 15 is 0 Å². The van der Waals surface area contributed by atoms with Crippen LogP contribution in [0.5, 0.6) is 0 Å². The first kappa shape index (κ1) is 11.8. The molecule has 2 fully saturated rings. The summed E-state index contributed by atoms with van der Waals surface area (Å²) in [6, 6.07) is 0.00741. The van der Waals surface area contributed by atoms with Gasteiger partial charge in [-0.25, -0.2) is 0 Å². The van der Waals surface area contributed by atoms with Crippen molar-refractivity contribution in [1.82, 2.24) is 4.90 Å². The fourth-order valence-corrected chi connectivity index (χ4v) is 2.92. The molecule has 0 aliphatic carbocycles. The van der Waals surface area contributed by atoms with Gasteiger partial charge in [-0.05, 0) is 12.8 Å². The summed E-state index contributed by atoms with van der Waals surface area (Å²) in [5.41, 5.74) is 0. The van der Waals surface area contributed by atoms with Crippen molar-refractivity contribution in [2.75, 3.05) is 19.8 Å². The Morgan fingerprint density at radius 3 is 2.44 bits per heavy atom. The van der Waals surface area contributed by atoms with E-state index in [1.165, 1.54) is 4.90 Å². The lowest BCUT2D eigenvalue weighted by atomic mass is 10.1. The van der Waals surface area contributed by atoms with Crippen LogP contribution in [-0.4, -0.2) is 50.3 Å². The van der Waals surface area contributed by atoms with Gasteiger partial charge in [0.05, 0.1) is 0 Å². The second-order valence-electron chi connectivity index (χ2n) is 4.19. The van der Waals surface area contributed by atoms with Gasteiger partial charge in [0.2, 0.25) is 5.91 Å². The number of halogens is 1. The van der Waals surface area contributed by atoms with Crippen LogP contribution in [0.4, 0.5) is 3.89 Å². The van der Waals surface area contributed by atoms with Crippen LogP contribution in [0.25, 0.3) is 0 Å². The van der Waals surface area contributed by atoms with Gasteiger partial charge in [-0.2, -0.15) is 8.42 Å². The second kappa shape index (κ2) is 4.29. The molecular weight excluding hydrogens is 237 g/mol. The Bertz CT molecular complexity index is 377. The molecule has 2 aliphatic rings. The number of likely N-dealkylation sites (tertiary alicyclic amines) is 1. The highest BCUT2D eigenvalue weighted by molar-refractivity contribution is 7.87. The molecule has 0 radical (unpaired) electrons. The van der Waals surface area contributed by atoms with E-state index in [1.54, 1.807) is 0 Å². The maximum Gasteiger partial charge on any atom is 0.307 e. The average Bonchev–Trinajstić information content (AvgIpc) is 2.61. The molecule has 2 heterocycles. The third-order valence-corrected chi connectivity index (χ3v) is 4.26. The summed E-state index contributed by atoms with van der Waals surface area (Å²) in [5, 5.41) is -1.18. The first-order valence-electron chi connectivity index (χ1n) is 5.29. The van der Waals surface area contributed by atoms with Crippen molar-refractivity contribution >= 4 is 16.1 Å². The van der Waals surface area contributed by atoms with Crippen LogP contribution < -0.4 is 0 Å². The van der Waals surface area contributed by atoms with E-state index in [0.717, 1.165) is 0 Å². The van der Waals surface area contributed by atoms with E-state index in [4.69, 9.17) is 4.74 Å². The smallest absolute Gasteiger partial charge is 0.307 e. The predicted molar refractivity (Wildman–Crippen MR) is 54.0 cm³/mol. The van der Waals surface area contributed by atoms with Crippen molar-refractivity contribution in [2.45, 2.75) is 30.6 Å². The van der Waals surface area contributed by atoms with E-state index in [-0.39, 0.29) is 24.9 Å². The third-order valence-electron chi connectivity index (χ3n) is 3.15. The first-order chi connectivity index (χ1) is 7.48. The Labute approximate surface area is 93.8 Å². The normalized spacial score (nSPS) is 28.7. The molecule has 1 amide bonds. The van der Waals surface area contributed by atoms with Gasteiger partial charge in [0.1, 0.15) is 5.25 Å². The van der Waals surface area contributed by atoms with Crippen LogP contribution in [0.15, 0.2) is 0 Å². The number of carbonyl (C=O) groups is 1. The van der Waals surface area contributed by atoms with Crippen LogP contribution in [0.3, 0.4) is 0 Å². The predicted octanol–water partition coefficient (Wildman–Crippen LogP) is 0.0656. The lowest BCUT2D eigenvalue weighted by molar-refractivity contribution is -0.131. The molecule has 2 saturated heterocycles. The molecule has 0 aromatic heterocycles. The molecular formula is C9H14FNO4S. The van der Waals surface area contributed by atoms with E-state index in [1.807, 2.05) is 0 Å². The SMILES string of the molecule is O=C1CC(S(=O)(=O)F)CN1C1CCOCC1. The minimum atomic E-state index is -4.60. The minimum Gasteiger partial charge on any atom is -0.381 e. The molecule has 0 bridgehead atoms. The number of ether oxygens (including phenoxy) is 1. The molecule has 1 atom stereocenters. The molecule has 1 unspecified atom stereocenters. The summed E-state index contributed by atoms with van der Waals surface area (Å²) in [4.78, 5) is 13.1. The van der Waals surface area contributed by atoms with E-state index in [9.17, 15) is 17.1 Å². The van der Waals surface area contributed by atoms with Crippen molar-refractivity contribution in [3.63, 3.8) is 0 Å². The fourth-order valence-electron chi connectivity index (χ4n) is 2.24. The summed E-state index contributed by atoms with van der Waals surface area (Å²) in [7, 11) is -4.60. The lowest BCUT2D eigenvalue weighted by Crippen LogP contribution is -2.41. The van der Waals surface area contributed by atoms with Gasteiger partial charge in [-0.15, -0.1) is 3.89 Å². The molecule has 0 aromatic rings. The Morgan fingerprint density at radius 2 is 1.94 bits per heavy atom. The van der Waals surface area contributed by atoms with E-state index in [0.29, 0.717) is 26.1 Å². The Morgan fingerprint density at radius 1 is 1.31 bits per heavy atom. The molecule has 0 N–H and O–H groups in total. The summed E-state index contributed by atoms with van der Waals surface area (Å²) < 4.78 is 39.4. The molecule has 5 nitrogen and oxygen atoms in total. The number of hydrogen-bond acceptors (Lipinski definition) is 4. The van der Waals surface area contributed by atoms with Gasteiger partial charge in [0, 0.05) is 32.2 Å². The third kappa shape index (κ3) is 2.35. The van der Waals surface area contributed by atoms with Crippen molar-refractivity contribution in [2.24, 2.45) is 0 Å². The van der Waals surface area contributed by atoms with Gasteiger partial charge in [0.25, 0.3) is 0 Å². The summed E-state index contributed by atoms with van der Waals surface area (Å²) in [5.74, 6) is -0.266. The Hall–Kier alpha value is -0.690. The Kier molecular flexibility index (Phi) is 3.16. The molecule has 7 heteroatoms. The highest BCUT2D eigenvalue weighted by atomic mass is 32.3.